The molecule has 130 valence electrons. The van der Waals surface area contributed by atoms with E-state index in [9.17, 15) is 27.9 Å². The lowest BCUT2D eigenvalue weighted by molar-refractivity contribution is -0.179. The van der Waals surface area contributed by atoms with Gasteiger partial charge in [-0.05, 0) is 35.7 Å². The van der Waals surface area contributed by atoms with Gasteiger partial charge >= 0.3 is 12.2 Å². The van der Waals surface area contributed by atoms with Crippen molar-refractivity contribution in [1.29, 1.82) is 0 Å². The Morgan fingerprint density at radius 2 is 2.08 bits per heavy atom. The third-order valence-electron chi connectivity index (χ3n) is 4.08. The Bertz CT molecular complexity index is 698. The van der Waals surface area contributed by atoms with E-state index in [1.807, 2.05) is 0 Å². The number of carbonyl (C=O) groups excluding carboxylic acids is 2. The smallest absolute Gasteiger partial charge is 0.394 e. The first-order valence-electron chi connectivity index (χ1n) is 7.07. The van der Waals surface area contributed by atoms with Crippen LogP contribution < -0.4 is 9.62 Å². The Kier molecular flexibility index (Phi) is 4.22. The molecule has 0 aliphatic carbocycles. The van der Waals surface area contributed by atoms with Crippen molar-refractivity contribution in [3.05, 3.63) is 23.8 Å². The summed E-state index contributed by atoms with van der Waals surface area (Å²) >= 11 is 1.30. The van der Waals surface area contributed by atoms with Gasteiger partial charge in [0.2, 0.25) is 5.91 Å². The van der Waals surface area contributed by atoms with Gasteiger partial charge in [0.05, 0.1) is 24.8 Å². The lowest BCUT2D eigenvalue weighted by Gasteiger charge is -2.38. The number of hydrogen-bond acceptors (Lipinski definition) is 5. The largest absolute Gasteiger partial charge is 0.409 e. The maximum atomic E-state index is 12.9. The summed E-state index contributed by atoms with van der Waals surface area (Å²) in [4.78, 5) is 26.6. The number of urea groups is 1. The number of halogens is 3. The van der Waals surface area contributed by atoms with E-state index in [0.29, 0.717) is 10.5 Å². The molecule has 2 atom stereocenters. The van der Waals surface area contributed by atoms with Gasteiger partial charge in [-0.15, -0.1) is 0 Å². The van der Waals surface area contributed by atoms with E-state index in [4.69, 9.17) is 0 Å². The molecular weight excluding hydrogens is 347 g/mol. The Labute approximate surface area is 139 Å². The van der Waals surface area contributed by atoms with E-state index in [1.54, 1.807) is 12.1 Å². The molecule has 6 nitrogen and oxygen atoms in total. The monoisotopic (exact) mass is 361 g/mol. The zero-order valence-electron chi connectivity index (χ0n) is 12.5. The zero-order valence-corrected chi connectivity index (χ0v) is 13.3. The number of hydrogen-bond donors (Lipinski definition) is 2. The van der Waals surface area contributed by atoms with Crippen LogP contribution in [0.3, 0.4) is 0 Å². The molecule has 2 aliphatic heterocycles. The minimum absolute atomic E-state index is 0.179. The van der Waals surface area contributed by atoms with Gasteiger partial charge in [0.15, 0.2) is 0 Å². The molecule has 24 heavy (non-hydrogen) atoms. The molecule has 1 aromatic rings. The summed E-state index contributed by atoms with van der Waals surface area (Å²) in [6.45, 7) is -0.179. The minimum Gasteiger partial charge on any atom is -0.394 e. The van der Waals surface area contributed by atoms with E-state index in [1.165, 1.54) is 18.0 Å². The summed E-state index contributed by atoms with van der Waals surface area (Å²) in [5.74, 6) is -0.903. The van der Waals surface area contributed by atoms with E-state index in [2.05, 4.69) is 4.72 Å². The van der Waals surface area contributed by atoms with Crippen molar-refractivity contribution in [3.63, 3.8) is 0 Å². The maximum Gasteiger partial charge on any atom is 0.409 e. The van der Waals surface area contributed by atoms with Crippen molar-refractivity contribution >= 4 is 29.6 Å². The molecular formula is C14H14F3N3O3S. The minimum atomic E-state index is -4.66. The van der Waals surface area contributed by atoms with Gasteiger partial charge in [0.25, 0.3) is 0 Å². The number of anilines is 1. The van der Waals surface area contributed by atoms with Crippen LogP contribution in [0.5, 0.6) is 0 Å². The number of nitrogens with zero attached hydrogens (tertiary/aromatic N) is 2. The van der Waals surface area contributed by atoms with Gasteiger partial charge in [-0.3, -0.25) is 4.79 Å². The number of nitrogens with one attached hydrogen (secondary N) is 1. The molecule has 1 fully saturated rings. The fraction of sp³-hybridized carbons (Fsp3) is 0.429. The summed E-state index contributed by atoms with van der Waals surface area (Å²) in [7, 11) is 1.03. The number of amides is 3. The molecule has 0 radical (unpaired) electrons. The average Bonchev–Trinajstić information content (AvgIpc) is 2.92. The lowest BCUT2D eigenvalue weighted by Crippen LogP contribution is -2.60. The van der Waals surface area contributed by atoms with E-state index >= 15 is 0 Å². The van der Waals surface area contributed by atoms with Crippen molar-refractivity contribution in [3.8, 4) is 0 Å². The van der Waals surface area contributed by atoms with Crippen LogP contribution >= 0.6 is 11.9 Å². The second kappa shape index (κ2) is 5.94. The topological polar surface area (TPSA) is 72.9 Å². The number of alkyl halides is 3. The van der Waals surface area contributed by atoms with Crippen LogP contribution in [0, 0.1) is 0 Å². The third-order valence-corrected chi connectivity index (χ3v) is 5.07. The molecule has 2 heterocycles. The second-order valence-corrected chi connectivity index (χ2v) is 6.44. The Morgan fingerprint density at radius 1 is 1.38 bits per heavy atom. The van der Waals surface area contributed by atoms with Crippen LogP contribution in [0.1, 0.15) is 18.0 Å². The zero-order chi connectivity index (χ0) is 17.6. The highest BCUT2D eigenvalue weighted by Gasteiger charge is 2.51. The predicted molar refractivity (Wildman–Crippen MR) is 80.4 cm³/mol. The van der Waals surface area contributed by atoms with Crippen molar-refractivity contribution in [2.24, 2.45) is 0 Å². The standard InChI is InChI=1S/C14H14F3N3O3S/c1-19-11(14(15,16)17)5-12(22)20(13(19)23)7-2-3-10-8(4-7)9(6-21)18-24-10/h2-4,9,11,18,21H,5-6H2,1H3. The summed E-state index contributed by atoms with van der Waals surface area (Å²) in [5.41, 5.74) is 0.889. The highest BCUT2D eigenvalue weighted by atomic mass is 32.2. The van der Waals surface area contributed by atoms with Crippen molar-refractivity contribution < 1.29 is 27.9 Å². The fourth-order valence-corrected chi connectivity index (χ4v) is 3.68. The van der Waals surface area contributed by atoms with Crippen molar-refractivity contribution in [2.45, 2.75) is 29.6 Å². The predicted octanol–water partition coefficient (Wildman–Crippen LogP) is 2.05. The lowest BCUT2D eigenvalue weighted by atomic mass is 10.0. The van der Waals surface area contributed by atoms with E-state index < -0.39 is 30.6 Å². The van der Waals surface area contributed by atoms with E-state index in [0.717, 1.165) is 16.8 Å². The molecule has 0 spiro atoms. The Hall–Kier alpha value is -1.78. The highest BCUT2D eigenvalue weighted by Crippen LogP contribution is 2.39. The number of carbonyl (C=O) groups is 2. The highest BCUT2D eigenvalue weighted by molar-refractivity contribution is 7.97. The first-order valence-corrected chi connectivity index (χ1v) is 7.89. The normalized spacial score (nSPS) is 24.5. The van der Waals surface area contributed by atoms with Crippen LogP contribution in [0.4, 0.5) is 23.7 Å². The van der Waals surface area contributed by atoms with Gasteiger partial charge in [-0.2, -0.15) is 13.2 Å². The summed E-state index contributed by atoms with van der Waals surface area (Å²) in [6.07, 6.45) is -5.48. The molecule has 10 heteroatoms. The van der Waals surface area contributed by atoms with Gasteiger partial charge < -0.3 is 10.0 Å². The number of aliphatic hydroxyl groups excluding tert-OH is 1. The fourth-order valence-electron chi connectivity index (χ4n) is 2.75. The number of aliphatic hydroxyl groups is 1. The van der Waals surface area contributed by atoms with Crippen molar-refractivity contribution in [1.82, 2.24) is 9.62 Å². The number of rotatable bonds is 2. The summed E-state index contributed by atoms with van der Waals surface area (Å²) < 4.78 is 41.8. The Morgan fingerprint density at radius 3 is 2.71 bits per heavy atom. The Balaban J connectivity index is 1.93. The van der Waals surface area contributed by atoms with Crippen LogP contribution in [0.25, 0.3) is 0 Å². The molecule has 3 rings (SSSR count). The molecule has 0 saturated carbocycles. The molecule has 1 saturated heterocycles. The number of fused-ring (bicyclic) bond motifs is 1. The van der Waals surface area contributed by atoms with Crippen LogP contribution in [-0.4, -0.2) is 47.8 Å². The van der Waals surface area contributed by atoms with Gasteiger partial charge in [0.1, 0.15) is 6.04 Å². The first-order chi connectivity index (χ1) is 11.2. The molecule has 2 N–H and O–H groups in total. The van der Waals surface area contributed by atoms with Gasteiger partial charge in [0, 0.05) is 11.9 Å². The van der Waals surface area contributed by atoms with Crippen LogP contribution in [0.2, 0.25) is 0 Å². The summed E-state index contributed by atoms with van der Waals surface area (Å²) in [5, 5.41) is 9.33. The quantitative estimate of drug-likeness (QED) is 0.789. The van der Waals surface area contributed by atoms with Gasteiger partial charge in [-0.1, -0.05) is 0 Å². The number of benzene rings is 1. The number of imide groups is 1. The summed E-state index contributed by atoms with van der Waals surface area (Å²) in [6, 6.07) is 1.21. The second-order valence-electron chi connectivity index (χ2n) is 5.56. The maximum absolute atomic E-state index is 12.9. The first kappa shape index (κ1) is 17.1. The molecule has 2 aliphatic rings. The molecule has 2 unspecified atom stereocenters. The van der Waals surface area contributed by atoms with Crippen LogP contribution in [0.15, 0.2) is 23.1 Å². The van der Waals surface area contributed by atoms with E-state index in [-0.39, 0.29) is 18.3 Å². The third kappa shape index (κ3) is 2.74. The van der Waals surface area contributed by atoms with Crippen LogP contribution in [-0.2, 0) is 4.79 Å². The van der Waals surface area contributed by atoms with Crippen molar-refractivity contribution in [2.75, 3.05) is 18.6 Å². The van der Waals surface area contributed by atoms with Gasteiger partial charge in [-0.25, -0.2) is 14.4 Å². The average molecular weight is 361 g/mol. The molecule has 3 amide bonds. The molecule has 0 bridgehead atoms. The molecule has 0 aromatic heterocycles. The SMILES string of the molecule is CN1C(=O)N(c2ccc3c(c2)C(CO)NS3)C(=O)CC1C(F)(F)F. The molecule has 1 aromatic carbocycles.